The molecule has 5 nitrogen and oxygen atoms in total. The topological polar surface area (TPSA) is 67.8 Å². The average molecular weight is 483 g/mol. The number of carbonyl (C=O) groups excluding carboxylic acids is 1. The zero-order valence-electron chi connectivity index (χ0n) is 20.5. The molecule has 37 heavy (non-hydrogen) atoms. The molecule has 2 atom stereocenters. The number of benzene rings is 2. The molecule has 5 aromatic rings. The Morgan fingerprint density at radius 3 is 1.24 bits per heavy atom. The number of amides is 1. The molecule has 0 saturated carbocycles. The van der Waals surface area contributed by atoms with Gasteiger partial charge in [-0.05, 0) is 47.5 Å². The highest BCUT2D eigenvalue weighted by Crippen LogP contribution is 2.36. The molecule has 2 unspecified atom stereocenters. The van der Waals surface area contributed by atoms with Crippen molar-refractivity contribution < 1.29 is 4.79 Å². The molecule has 3 aromatic heterocycles. The van der Waals surface area contributed by atoms with Crippen molar-refractivity contribution in [2.24, 2.45) is 0 Å². The SMILES string of the molecule is CNC(=O)C1c2cccc(n2)C(c2ccccc2)c2cccc(n2)C(c2ccccc2)c2cccc1n2. The first-order valence-corrected chi connectivity index (χ1v) is 12.4. The van der Waals surface area contributed by atoms with E-state index in [2.05, 4.69) is 47.8 Å². The summed E-state index contributed by atoms with van der Waals surface area (Å²) in [5.41, 5.74) is 7.01. The van der Waals surface area contributed by atoms with Gasteiger partial charge in [-0.2, -0.15) is 0 Å². The molecule has 1 aliphatic heterocycles. The van der Waals surface area contributed by atoms with E-state index in [-0.39, 0.29) is 17.7 Å². The van der Waals surface area contributed by atoms with Crippen molar-refractivity contribution in [1.29, 1.82) is 0 Å². The molecule has 4 heterocycles. The molecule has 6 bridgehead atoms. The fourth-order valence-corrected chi connectivity index (χ4v) is 5.21. The highest BCUT2D eigenvalue weighted by molar-refractivity contribution is 5.86. The van der Waals surface area contributed by atoms with Gasteiger partial charge in [0.2, 0.25) is 5.91 Å². The van der Waals surface area contributed by atoms with E-state index in [9.17, 15) is 4.79 Å². The second-order valence-electron chi connectivity index (χ2n) is 9.20. The van der Waals surface area contributed by atoms with E-state index in [0.717, 1.165) is 33.9 Å². The first-order chi connectivity index (χ1) is 18.2. The van der Waals surface area contributed by atoms with E-state index in [0.29, 0.717) is 11.4 Å². The van der Waals surface area contributed by atoms with Crippen molar-refractivity contribution in [3.63, 3.8) is 0 Å². The van der Waals surface area contributed by atoms with E-state index >= 15 is 0 Å². The summed E-state index contributed by atoms with van der Waals surface area (Å²) in [5, 5.41) is 2.83. The van der Waals surface area contributed by atoms with E-state index < -0.39 is 5.92 Å². The highest BCUT2D eigenvalue weighted by Gasteiger charge is 2.30. The second-order valence-corrected chi connectivity index (χ2v) is 9.20. The molecule has 0 spiro atoms. The first kappa shape index (κ1) is 22.8. The van der Waals surface area contributed by atoms with Gasteiger partial charge >= 0.3 is 0 Å². The van der Waals surface area contributed by atoms with Crippen molar-refractivity contribution in [1.82, 2.24) is 20.3 Å². The quantitative estimate of drug-likeness (QED) is 0.373. The van der Waals surface area contributed by atoms with Crippen molar-refractivity contribution in [3.8, 4) is 0 Å². The van der Waals surface area contributed by atoms with Crippen LogP contribution >= 0.6 is 0 Å². The summed E-state index contributed by atoms with van der Waals surface area (Å²) in [6, 6.07) is 38.6. The van der Waals surface area contributed by atoms with Gasteiger partial charge in [-0.25, -0.2) is 0 Å². The Hall–Kier alpha value is -4.64. The lowest BCUT2D eigenvalue weighted by Crippen LogP contribution is -2.28. The molecule has 1 amide bonds. The first-order valence-electron chi connectivity index (χ1n) is 12.4. The number of pyridine rings is 3. The zero-order valence-corrected chi connectivity index (χ0v) is 20.5. The van der Waals surface area contributed by atoms with Gasteiger partial charge in [-0.1, -0.05) is 78.9 Å². The Morgan fingerprint density at radius 1 is 0.514 bits per heavy atom. The van der Waals surface area contributed by atoms with Gasteiger partial charge in [0.15, 0.2) is 0 Å². The van der Waals surface area contributed by atoms with Gasteiger partial charge < -0.3 is 5.32 Å². The summed E-state index contributed by atoms with van der Waals surface area (Å²) in [7, 11) is 1.65. The summed E-state index contributed by atoms with van der Waals surface area (Å²) in [4.78, 5) is 28.6. The molecule has 5 heteroatoms. The Labute approximate surface area is 216 Å². The minimum atomic E-state index is -0.636. The summed E-state index contributed by atoms with van der Waals surface area (Å²) in [5.74, 6) is -1.15. The molecule has 1 aliphatic rings. The smallest absolute Gasteiger partial charge is 0.234 e. The van der Waals surface area contributed by atoms with Crippen LogP contribution in [0.3, 0.4) is 0 Å². The average Bonchev–Trinajstić information content (AvgIpc) is 2.95. The Morgan fingerprint density at radius 2 is 0.865 bits per heavy atom. The number of nitrogens with one attached hydrogen (secondary N) is 1. The fourth-order valence-electron chi connectivity index (χ4n) is 5.21. The van der Waals surface area contributed by atoms with Crippen LogP contribution in [0.25, 0.3) is 0 Å². The van der Waals surface area contributed by atoms with Gasteiger partial charge in [0.25, 0.3) is 0 Å². The Kier molecular flexibility index (Phi) is 6.03. The molecule has 0 saturated heterocycles. The van der Waals surface area contributed by atoms with Gasteiger partial charge in [0.1, 0.15) is 5.92 Å². The molecule has 2 aromatic carbocycles. The van der Waals surface area contributed by atoms with Gasteiger partial charge in [-0.15, -0.1) is 0 Å². The van der Waals surface area contributed by atoms with E-state index in [1.807, 2.05) is 72.8 Å². The number of rotatable bonds is 3. The van der Waals surface area contributed by atoms with Gasteiger partial charge in [0.05, 0.1) is 46.0 Å². The predicted molar refractivity (Wildman–Crippen MR) is 143 cm³/mol. The summed E-state index contributed by atoms with van der Waals surface area (Å²) < 4.78 is 0. The maximum Gasteiger partial charge on any atom is 0.234 e. The number of hydrogen-bond acceptors (Lipinski definition) is 4. The normalized spacial score (nSPS) is 18.2. The third kappa shape index (κ3) is 4.29. The largest absolute Gasteiger partial charge is 0.358 e. The van der Waals surface area contributed by atoms with Crippen LogP contribution in [0.5, 0.6) is 0 Å². The number of fused-ring (bicyclic) bond motifs is 6. The lowest BCUT2D eigenvalue weighted by Gasteiger charge is -2.24. The monoisotopic (exact) mass is 482 g/mol. The van der Waals surface area contributed by atoms with Crippen LogP contribution < -0.4 is 5.32 Å². The van der Waals surface area contributed by atoms with E-state index in [1.165, 1.54) is 0 Å². The van der Waals surface area contributed by atoms with Crippen LogP contribution in [0.4, 0.5) is 0 Å². The zero-order chi connectivity index (χ0) is 25.2. The molecule has 1 N–H and O–H groups in total. The molecule has 0 radical (unpaired) electrons. The maximum absolute atomic E-state index is 13.3. The number of hydrogen-bond donors (Lipinski definition) is 1. The lowest BCUT2D eigenvalue weighted by atomic mass is 9.87. The van der Waals surface area contributed by atoms with E-state index in [4.69, 9.17) is 15.0 Å². The third-order valence-corrected chi connectivity index (χ3v) is 6.93. The van der Waals surface area contributed by atoms with Crippen LogP contribution in [0, 0.1) is 0 Å². The summed E-state index contributed by atoms with van der Waals surface area (Å²) in [6.07, 6.45) is 0. The van der Waals surface area contributed by atoms with Gasteiger partial charge in [-0.3, -0.25) is 19.7 Å². The van der Waals surface area contributed by atoms with Gasteiger partial charge in [0, 0.05) is 7.05 Å². The minimum Gasteiger partial charge on any atom is -0.358 e. The van der Waals surface area contributed by atoms with Crippen molar-refractivity contribution in [2.75, 3.05) is 7.05 Å². The molecule has 0 fully saturated rings. The third-order valence-electron chi connectivity index (χ3n) is 6.93. The Bertz CT molecular complexity index is 1450. The fraction of sp³-hybridized carbons (Fsp3) is 0.125. The molecular formula is C32H26N4O. The van der Waals surface area contributed by atoms with Crippen LogP contribution in [0.1, 0.15) is 63.0 Å². The predicted octanol–water partition coefficient (Wildman–Crippen LogP) is 5.42. The maximum atomic E-state index is 13.3. The Balaban J connectivity index is 1.68. The molecule has 6 rings (SSSR count). The standard InChI is InChI=1S/C32H26N4O/c1-33-32(37)31-27-19-9-17-25(35-27)29(21-11-4-2-5-12-21)23-15-8-16-24(34-23)30(22-13-6-3-7-14-22)26-18-10-20-28(31)36-26/h2-20,29-31H,1H3,(H,33,37). The molecule has 180 valence electrons. The number of carbonyl (C=O) groups is 1. The van der Waals surface area contributed by atoms with Crippen molar-refractivity contribution in [2.45, 2.75) is 17.8 Å². The summed E-state index contributed by atoms with van der Waals surface area (Å²) in [6.45, 7) is 0. The highest BCUT2D eigenvalue weighted by atomic mass is 16.1. The number of aromatic nitrogens is 3. The van der Waals surface area contributed by atoms with Crippen molar-refractivity contribution in [3.05, 3.63) is 161 Å². The minimum absolute atomic E-state index is 0.143. The lowest BCUT2D eigenvalue weighted by molar-refractivity contribution is -0.121. The number of nitrogens with zero attached hydrogens (tertiary/aromatic N) is 3. The second kappa shape index (κ2) is 9.78. The number of likely N-dealkylation sites (N-methyl/N-ethyl adjacent to an activating group) is 1. The van der Waals surface area contributed by atoms with Crippen LogP contribution in [-0.4, -0.2) is 27.9 Å². The van der Waals surface area contributed by atoms with Crippen LogP contribution in [0.15, 0.2) is 115 Å². The molecule has 0 aliphatic carbocycles. The molecular weight excluding hydrogens is 456 g/mol. The van der Waals surface area contributed by atoms with E-state index in [1.54, 1.807) is 7.05 Å². The summed E-state index contributed by atoms with van der Waals surface area (Å²) >= 11 is 0. The van der Waals surface area contributed by atoms with Crippen LogP contribution in [-0.2, 0) is 4.79 Å². The van der Waals surface area contributed by atoms with Crippen molar-refractivity contribution >= 4 is 5.91 Å². The van der Waals surface area contributed by atoms with Crippen LogP contribution in [0.2, 0.25) is 0 Å².